The SMILES string of the molecule is CC(C)(C)c1ccc(O)c(-c2ccccc2)c1C(C)(C)C. The molecule has 112 valence electrons. The summed E-state index contributed by atoms with van der Waals surface area (Å²) in [6, 6.07) is 14.1. The predicted molar refractivity (Wildman–Crippen MR) is 90.9 cm³/mol. The van der Waals surface area contributed by atoms with Gasteiger partial charge < -0.3 is 5.11 Å². The van der Waals surface area contributed by atoms with Gasteiger partial charge in [0.2, 0.25) is 0 Å². The summed E-state index contributed by atoms with van der Waals surface area (Å²) < 4.78 is 0. The fourth-order valence-corrected chi connectivity index (χ4v) is 2.89. The molecule has 0 heterocycles. The maximum atomic E-state index is 10.5. The van der Waals surface area contributed by atoms with Gasteiger partial charge in [-0.05, 0) is 33.6 Å². The quantitative estimate of drug-likeness (QED) is 0.716. The number of phenolic OH excluding ortho intramolecular Hbond substituents is 1. The molecule has 1 heteroatoms. The smallest absolute Gasteiger partial charge is 0.123 e. The first kappa shape index (κ1) is 15.6. The Hall–Kier alpha value is -1.76. The van der Waals surface area contributed by atoms with Crippen molar-refractivity contribution in [2.75, 3.05) is 0 Å². The molecular weight excluding hydrogens is 256 g/mol. The van der Waals surface area contributed by atoms with Crippen LogP contribution in [0.25, 0.3) is 11.1 Å². The van der Waals surface area contributed by atoms with Gasteiger partial charge >= 0.3 is 0 Å². The van der Waals surface area contributed by atoms with Gasteiger partial charge in [0.15, 0.2) is 0 Å². The van der Waals surface area contributed by atoms with Crippen molar-refractivity contribution in [1.82, 2.24) is 0 Å². The molecule has 0 atom stereocenters. The third-order valence-electron chi connectivity index (χ3n) is 3.80. The second kappa shape index (κ2) is 5.22. The van der Waals surface area contributed by atoms with Crippen molar-refractivity contribution in [3.63, 3.8) is 0 Å². The lowest BCUT2D eigenvalue weighted by molar-refractivity contribution is 0.469. The third kappa shape index (κ3) is 3.12. The molecule has 2 rings (SSSR count). The van der Waals surface area contributed by atoms with Crippen molar-refractivity contribution >= 4 is 0 Å². The first-order valence-electron chi connectivity index (χ1n) is 7.54. The van der Waals surface area contributed by atoms with Gasteiger partial charge in [-0.25, -0.2) is 0 Å². The molecule has 0 aliphatic heterocycles. The van der Waals surface area contributed by atoms with Crippen LogP contribution in [0.3, 0.4) is 0 Å². The Morgan fingerprint density at radius 3 is 1.76 bits per heavy atom. The molecular formula is C20H26O. The molecule has 1 N–H and O–H groups in total. The molecule has 0 aliphatic carbocycles. The first-order chi connectivity index (χ1) is 9.62. The van der Waals surface area contributed by atoms with Crippen LogP contribution < -0.4 is 0 Å². The molecule has 0 spiro atoms. The molecule has 0 aromatic heterocycles. The summed E-state index contributed by atoms with van der Waals surface area (Å²) in [4.78, 5) is 0. The molecule has 2 aromatic rings. The minimum Gasteiger partial charge on any atom is -0.507 e. The minimum atomic E-state index is -0.0352. The van der Waals surface area contributed by atoms with Crippen LogP contribution in [0.1, 0.15) is 52.7 Å². The molecule has 0 saturated heterocycles. The first-order valence-corrected chi connectivity index (χ1v) is 7.54. The van der Waals surface area contributed by atoms with Crippen molar-refractivity contribution < 1.29 is 5.11 Å². The zero-order valence-electron chi connectivity index (χ0n) is 14.0. The van der Waals surface area contributed by atoms with Gasteiger partial charge in [0, 0.05) is 5.56 Å². The van der Waals surface area contributed by atoms with Crippen LogP contribution in [0, 0.1) is 0 Å². The van der Waals surface area contributed by atoms with Crippen molar-refractivity contribution in [3.8, 4) is 16.9 Å². The summed E-state index contributed by atoms with van der Waals surface area (Å²) in [7, 11) is 0. The van der Waals surface area contributed by atoms with Crippen LogP contribution in [0.5, 0.6) is 5.75 Å². The van der Waals surface area contributed by atoms with Gasteiger partial charge in [-0.15, -0.1) is 0 Å². The van der Waals surface area contributed by atoms with Crippen LogP contribution in [0.2, 0.25) is 0 Å². The lowest BCUT2D eigenvalue weighted by Crippen LogP contribution is -2.23. The van der Waals surface area contributed by atoms with Gasteiger partial charge in [-0.2, -0.15) is 0 Å². The molecule has 0 aliphatic rings. The van der Waals surface area contributed by atoms with Gasteiger partial charge in [-0.3, -0.25) is 0 Å². The average molecular weight is 282 g/mol. The fourth-order valence-electron chi connectivity index (χ4n) is 2.89. The van der Waals surface area contributed by atoms with E-state index >= 15 is 0 Å². The number of benzene rings is 2. The predicted octanol–water partition coefficient (Wildman–Crippen LogP) is 5.65. The van der Waals surface area contributed by atoms with E-state index in [1.54, 1.807) is 0 Å². The maximum absolute atomic E-state index is 10.5. The van der Waals surface area contributed by atoms with Gasteiger partial charge in [-0.1, -0.05) is 77.9 Å². The second-order valence-electron chi connectivity index (χ2n) is 7.75. The number of phenols is 1. The van der Waals surface area contributed by atoms with E-state index in [-0.39, 0.29) is 10.8 Å². The highest BCUT2D eigenvalue weighted by atomic mass is 16.3. The monoisotopic (exact) mass is 282 g/mol. The third-order valence-corrected chi connectivity index (χ3v) is 3.80. The molecule has 0 bridgehead atoms. The normalized spacial score (nSPS) is 12.5. The summed E-state index contributed by atoms with van der Waals surface area (Å²) in [6.45, 7) is 13.3. The summed E-state index contributed by atoms with van der Waals surface area (Å²) in [5.74, 6) is 0.360. The van der Waals surface area contributed by atoms with E-state index in [1.807, 2.05) is 24.3 Å². The van der Waals surface area contributed by atoms with E-state index in [0.29, 0.717) is 5.75 Å². The molecule has 2 aromatic carbocycles. The lowest BCUT2D eigenvalue weighted by atomic mass is 9.72. The standard InChI is InChI=1S/C20H26O/c1-19(2,3)15-12-13-16(21)17(18(15)20(4,5)6)14-10-8-7-9-11-14/h7-13,21H,1-6H3. The Balaban J connectivity index is 2.87. The van der Waals surface area contributed by atoms with Crippen LogP contribution in [0.15, 0.2) is 42.5 Å². The van der Waals surface area contributed by atoms with Gasteiger partial charge in [0.25, 0.3) is 0 Å². The van der Waals surface area contributed by atoms with Gasteiger partial charge in [0.1, 0.15) is 5.75 Å². The Bertz CT molecular complexity index is 625. The summed E-state index contributed by atoms with van der Waals surface area (Å²) in [5.41, 5.74) is 4.58. The summed E-state index contributed by atoms with van der Waals surface area (Å²) in [6.07, 6.45) is 0. The van der Waals surface area contributed by atoms with Crippen molar-refractivity contribution in [3.05, 3.63) is 53.6 Å². The zero-order valence-corrected chi connectivity index (χ0v) is 14.0. The number of hydrogen-bond acceptors (Lipinski definition) is 1. The highest BCUT2D eigenvalue weighted by Gasteiger charge is 2.29. The Kier molecular flexibility index (Phi) is 3.88. The summed E-state index contributed by atoms with van der Waals surface area (Å²) in [5, 5.41) is 10.5. The van der Waals surface area contributed by atoms with E-state index < -0.39 is 0 Å². The Labute approximate surface area is 128 Å². The van der Waals surface area contributed by atoms with E-state index in [9.17, 15) is 5.11 Å². The van der Waals surface area contributed by atoms with E-state index in [1.165, 1.54) is 11.1 Å². The van der Waals surface area contributed by atoms with Gasteiger partial charge in [0.05, 0.1) is 0 Å². The lowest BCUT2D eigenvalue weighted by Gasteiger charge is -2.33. The maximum Gasteiger partial charge on any atom is 0.123 e. The van der Waals surface area contributed by atoms with E-state index in [2.05, 4.69) is 59.7 Å². The molecule has 1 nitrogen and oxygen atoms in total. The minimum absolute atomic E-state index is 0.0352. The average Bonchev–Trinajstić information content (AvgIpc) is 2.36. The molecule has 0 unspecified atom stereocenters. The number of rotatable bonds is 1. The largest absolute Gasteiger partial charge is 0.507 e. The van der Waals surface area contributed by atoms with Crippen molar-refractivity contribution in [2.24, 2.45) is 0 Å². The molecule has 0 amide bonds. The molecule has 0 radical (unpaired) electrons. The highest BCUT2D eigenvalue weighted by molar-refractivity contribution is 5.76. The molecule has 0 fully saturated rings. The Morgan fingerprint density at radius 1 is 0.714 bits per heavy atom. The van der Waals surface area contributed by atoms with Crippen molar-refractivity contribution in [2.45, 2.75) is 52.4 Å². The molecule has 0 saturated carbocycles. The van der Waals surface area contributed by atoms with E-state index in [4.69, 9.17) is 0 Å². The number of aromatic hydroxyl groups is 1. The topological polar surface area (TPSA) is 20.2 Å². The zero-order chi connectivity index (χ0) is 15.8. The highest BCUT2D eigenvalue weighted by Crippen LogP contribution is 2.44. The van der Waals surface area contributed by atoms with Crippen LogP contribution in [-0.2, 0) is 10.8 Å². The fraction of sp³-hybridized carbons (Fsp3) is 0.400. The van der Waals surface area contributed by atoms with E-state index in [0.717, 1.165) is 11.1 Å². The van der Waals surface area contributed by atoms with Crippen LogP contribution in [-0.4, -0.2) is 5.11 Å². The second-order valence-corrected chi connectivity index (χ2v) is 7.75. The van der Waals surface area contributed by atoms with Crippen LogP contribution in [0.4, 0.5) is 0 Å². The summed E-state index contributed by atoms with van der Waals surface area (Å²) >= 11 is 0. The van der Waals surface area contributed by atoms with Crippen LogP contribution >= 0.6 is 0 Å². The van der Waals surface area contributed by atoms with Crippen molar-refractivity contribution in [1.29, 1.82) is 0 Å². The number of hydrogen-bond donors (Lipinski definition) is 1. The molecule has 21 heavy (non-hydrogen) atoms. The Morgan fingerprint density at radius 2 is 1.29 bits per heavy atom.